The summed E-state index contributed by atoms with van der Waals surface area (Å²) in [5.41, 5.74) is 0.376. The summed E-state index contributed by atoms with van der Waals surface area (Å²) in [7, 11) is 3.23. The van der Waals surface area contributed by atoms with Crippen molar-refractivity contribution in [3.05, 3.63) is 0 Å². The smallest absolute Gasteiger partial charge is 0.248 e. The van der Waals surface area contributed by atoms with Crippen LogP contribution >= 0.6 is 0 Å². The summed E-state index contributed by atoms with van der Waals surface area (Å²) in [6, 6.07) is 0. The first-order valence-corrected chi connectivity index (χ1v) is 6.18. The van der Waals surface area contributed by atoms with E-state index in [2.05, 4.69) is 20.8 Å². The number of nitrogens with zero attached hydrogens (tertiary/aromatic N) is 1. The predicted molar refractivity (Wildman–Crippen MR) is 64.7 cm³/mol. The summed E-state index contributed by atoms with van der Waals surface area (Å²) >= 11 is 0. The first-order chi connectivity index (χ1) is 7.36. The van der Waals surface area contributed by atoms with Crippen molar-refractivity contribution in [2.45, 2.75) is 46.5 Å². The average Bonchev–Trinajstić information content (AvgIpc) is 2.26. The zero-order chi connectivity index (χ0) is 12.3. The van der Waals surface area contributed by atoms with Crippen molar-refractivity contribution in [2.24, 2.45) is 17.3 Å². The summed E-state index contributed by atoms with van der Waals surface area (Å²) in [5, 5.41) is 1.36. The van der Waals surface area contributed by atoms with Crippen molar-refractivity contribution < 1.29 is 9.63 Å². The minimum absolute atomic E-state index is 0.134. The van der Waals surface area contributed by atoms with Gasteiger partial charge in [0.2, 0.25) is 5.91 Å². The Morgan fingerprint density at radius 1 is 1.19 bits per heavy atom. The van der Waals surface area contributed by atoms with Gasteiger partial charge in [-0.2, -0.15) is 0 Å². The Morgan fingerprint density at radius 3 is 2.06 bits per heavy atom. The SMILES string of the molecule is CON(C)C(=O)C1CCC(C(C)(C)C)CC1. The molecule has 0 N–H and O–H groups in total. The number of carbonyl (C=O) groups excluding carboxylic acids is 1. The molecule has 0 aromatic heterocycles. The largest absolute Gasteiger partial charge is 0.275 e. The normalized spacial score (nSPS) is 26.6. The molecule has 0 radical (unpaired) electrons. The van der Waals surface area contributed by atoms with Crippen LogP contribution in [0.1, 0.15) is 46.5 Å². The molecule has 1 rings (SSSR count). The molecule has 1 fully saturated rings. The third-order valence-corrected chi connectivity index (χ3v) is 3.89. The van der Waals surface area contributed by atoms with Crippen molar-refractivity contribution in [1.29, 1.82) is 0 Å². The Morgan fingerprint density at radius 2 is 1.69 bits per heavy atom. The van der Waals surface area contributed by atoms with Gasteiger partial charge in [-0.3, -0.25) is 9.63 Å². The molecule has 3 heteroatoms. The zero-order valence-corrected chi connectivity index (χ0v) is 11.2. The van der Waals surface area contributed by atoms with Crippen LogP contribution < -0.4 is 0 Å². The molecule has 0 aromatic carbocycles. The Bertz CT molecular complexity index is 237. The second kappa shape index (κ2) is 5.17. The minimum atomic E-state index is 0.134. The zero-order valence-electron chi connectivity index (χ0n) is 11.2. The van der Waals surface area contributed by atoms with Gasteiger partial charge in [-0.1, -0.05) is 20.8 Å². The van der Waals surface area contributed by atoms with Gasteiger partial charge in [-0.25, -0.2) is 5.06 Å². The van der Waals surface area contributed by atoms with E-state index in [4.69, 9.17) is 4.84 Å². The van der Waals surface area contributed by atoms with E-state index in [-0.39, 0.29) is 11.8 Å². The van der Waals surface area contributed by atoms with Crippen LogP contribution in [0, 0.1) is 17.3 Å². The highest BCUT2D eigenvalue weighted by Crippen LogP contribution is 2.40. The molecular weight excluding hydrogens is 202 g/mol. The Kier molecular flexibility index (Phi) is 4.36. The van der Waals surface area contributed by atoms with E-state index in [1.807, 2.05) is 0 Å². The molecule has 1 aliphatic rings. The molecule has 0 atom stereocenters. The maximum Gasteiger partial charge on any atom is 0.248 e. The second-order valence-corrected chi connectivity index (χ2v) is 5.93. The molecule has 0 unspecified atom stereocenters. The van der Waals surface area contributed by atoms with E-state index in [9.17, 15) is 4.79 Å². The lowest BCUT2D eigenvalue weighted by Crippen LogP contribution is -2.36. The standard InChI is InChI=1S/C13H25NO2/c1-13(2,3)11-8-6-10(7-9-11)12(15)14(4)16-5/h10-11H,6-9H2,1-5H3. The van der Waals surface area contributed by atoms with Crippen molar-refractivity contribution >= 4 is 5.91 Å². The molecule has 94 valence electrons. The first-order valence-electron chi connectivity index (χ1n) is 6.18. The summed E-state index contributed by atoms with van der Waals surface area (Å²) in [4.78, 5) is 16.8. The van der Waals surface area contributed by atoms with E-state index in [0.717, 1.165) is 31.6 Å². The fourth-order valence-corrected chi connectivity index (χ4v) is 2.55. The summed E-state index contributed by atoms with van der Waals surface area (Å²) in [5.74, 6) is 1.06. The van der Waals surface area contributed by atoms with Crippen LogP contribution in [-0.4, -0.2) is 25.1 Å². The molecular formula is C13H25NO2. The highest BCUT2D eigenvalue weighted by molar-refractivity contribution is 5.77. The van der Waals surface area contributed by atoms with E-state index in [1.165, 1.54) is 5.06 Å². The first kappa shape index (κ1) is 13.5. The number of hydroxylamine groups is 2. The molecule has 0 aliphatic heterocycles. The second-order valence-electron chi connectivity index (χ2n) is 5.93. The lowest BCUT2D eigenvalue weighted by molar-refractivity contribution is -0.175. The van der Waals surface area contributed by atoms with Crippen LogP contribution in [0.2, 0.25) is 0 Å². The van der Waals surface area contributed by atoms with Crippen molar-refractivity contribution in [1.82, 2.24) is 5.06 Å². The van der Waals surface area contributed by atoms with Gasteiger partial charge in [0.1, 0.15) is 0 Å². The third kappa shape index (κ3) is 3.21. The van der Waals surface area contributed by atoms with Gasteiger partial charge in [-0.15, -0.1) is 0 Å². The fourth-order valence-electron chi connectivity index (χ4n) is 2.55. The molecule has 0 heterocycles. The minimum Gasteiger partial charge on any atom is -0.275 e. The maximum absolute atomic E-state index is 11.9. The molecule has 0 aromatic rings. The van der Waals surface area contributed by atoms with Crippen molar-refractivity contribution in [3.8, 4) is 0 Å². The molecule has 0 spiro atoms. The molecule has 1 amide bonds. The lowest BCUT2D eigenvalue weighted by atomic mass is 9.69. The van der Waals surface area contributed by atoms with Crippen LogP contribution in [-0.2, 0) is 9.63 Å². The van der Waals surface area contributed by atoms with Crippen LogP contribution in [0.3, 0.4) is 0 Å². The van der Waals surface area contributed by atoms with Crippen molar-refractivity contribution in [3.63, 3.8) is 0 Å². The van der Waals surface area contributed by atoms with Gasteiger partial charge in [0.15, 0.2) is 0 Å². The average molecular weight is 227 g/mol. The summed E-state index contributed by atoms with van der Waals surface area (Å²) in [6.07, 6.45) is 4.35. The lowest BCUT2D eigenvalue weighted by Gasteiger charge is -2.37. The van der Waals surface area contributed by atoms with Gasteiger partial charge in [0, 0.05) is 13.0 Å². The fraction of sp³-hybridized carbons (Fsp3) is 0.923. The number of amides is 1. The van der Waals surface area contributed by atoms with Gasteiger partial charge in [0.25, 0.3) is 0 Å². The van der Waals surface area contributed by atoms with Gasteiger partial charge < -0.3 is 0 Å². The number of hydrogen-bond donors (Lipinski definition) is 0. The highest BCUT2D eigenvalue weighted by Gasteiger charge is 2.33. The molecule has 3 nitrogen and oxygen atoms in total. The van der Waals surface area contributed by atoms with Crippen LogP contribution in [0.4, 0.5) is 0 Å². The van der Waals surface area contributed by atoms with E-state index < -0.39 is 0 Å². The van der Waals surface area contributed by atoms with Crippen LogP contribution in [0.15, 0.2) is 0 Å². The Hall–Kier alpha value is -0.570. The molecule has 1 aliphatic carbocycles. The Labute approximate surface area is 99.1 Å². The monoisotopic (exact) mass is 227 g/mol. The number of hydrogen-bond acceptors (Lipinski definition) is 2. The molecule has 16 heavy (non-hydrogen) atoms. The van der Waals surface area contributed by atoms with Gasteiger partial charge in [0.05, 0.1) is 7.11 Å². The Balaban J connectivity index is 2.46. The summed E-state index contributed by atoms with van der Waals surface area (Å²) in [6.45, 7) is 6.88. The van der Waals surface area contributed by atoms with Crippen LogP contribution in [0.25, 0.3) is 0 Å². The predicted octanol–water partition coefficient (Wildman–Crippen LogP) is 2.86. The van der Waals surface area contributed by atoms with Gasteiger partial charge >= 0.3 is 0 Å². The molecule has 0 saturated heterocycles. The maximum atomic E-state index is 11.9. The highest BCUT2D eigenvalue weighted by atomic mass is 16.7. The van der Waals surface area contributed by atoms with E-state index in [1.54, 1.807) is 14.2 Å². The molecule has 1 saturated carbocycles. The quantitative estimate of drug-likeness (QED) is 0.679. The van der Waals surface area contributed by atoms with Gasteiger partial charge in [-0.05, 0) is 37.0 Å². The van der Waals surface area contributed by atoms with E-state index >= 15 is 0 Å². The third-order valence-electron chi connectivity index (χ3n) is 3.89. The number of rotatable bonds is 2. The van der Waals surface area contributed by atoms with E-state index in [0.29, 0.717) is 5.41 Å². The van der Waals surface area contributed by atoms with Crippen LogP contribution in [0.5, 0.6) is 0 Å². The molecule has 0 bridgehead atoms. The topological polar surface area (TPSA) is 29.5 Å². The summed E-state index contributed by atoms with van der Waals surface area (Å²) < 4.78 is 0. The van der Waals surface area contributed by atoms with Crippen molar-refractivity contribution in [2.75, 3.05) is 14.2 Å². The number of carbonyl (C=O) groups is 1.